The van der Waals surface area contributed by atoms with Gasteiger partial charge in [0.1, 0.15) is 0 Å². The smallest absolute Gasteiger partial charge is 0.307 e. The first-order chi connectivity index (χ1) is 14.2. The van der Waals surface area contributed by atoms with Crippen molar-refractivity contribution in [1.82, 2.24) is 9.97 Å². The lowest BCUT2D eigenvalue weighted by molar-refractivity contribution is -0.146. The summed E-state index contributed by atoms with van der Waals surface area (Å²) in [4.78, 5) is 32.0. The Hall–Kier alpha value is -3.27. The maximum absolute atomic E-state index is 12.6. The van der Waals surface area contributed by atoms with Gasteiger partial charge in [-0.3, -0.25) is 9.59 Å². The van der Waals surface area contributed by atoms with Gasteiger partial charge >= 0.3 is 5.97 Å². The van der Waals surface area contributed by atoms with Crippen LogP contribution in [0, 0.1) is 25.7 Å². The van der Waals surface area contributed by atoms with Crippen molar-refractivity contribution >= 4 is 33.5 Å². The van der Waals surface area contributed by atoms with Crippen LogP contribution in [0.3, 0.4) is 0 Å². The molecule has 158 valence electrons. The minimum atomic E-state index is -3.91. The van der Waals surface area contributed by atoms with Crippen molar-refractivity contribution in [2.75, 3.05) is 10.0 Å². The normalized spacial score (nSPS) is 18.6. The number of carbonyl (C=O) groups is 2. The van der Waals surface area contributed by atoms with Crippen LogP contribution in [0.15, 0.2) is 47.4 Å². The molecule has 0 bridgehead atoms. The van der Waals surface area contributed by atoms with Crippen LogP contribution in [0.4, 0.5) is 11.6 Å². The molecule has 3 N–H and O–H groups in total. The summed E-state index contributed by atoms with van der Waals surface area (Å²) in [7, 11) is -3.91. The molecule has 3 rings (SSSR count). The number of carboxylic acids is 1. The number of hydrogen-bond donors (Lipinski definition) is 3. The van der Waals surface area contributed by atoms with E-state index in [0.29, 0.717) is 29.9 Å². The van der Waals surface area contributed by atoms with Crippen LogP contribution in [0.5, 0.6) is 0 Å². The number of benzene rings is 1. The molecular formula is C20H22N4O5S. The summed E-state index contributed by atoms with van der Waals surface area (Å²) in [6.07, 6.45) is 4.20. The molecule has 1 aromatic carbocycles. The predicted molar refractivity (Wildman–Crippen MR) is 110 cm³/mol. The van der Waals surface area contributed by atoms with E-state index in [0.717, 1.165) is 0 Å². The van der Waals surface area contributed by atoms with Gasteiger partial charge in [0.05, 0.1) is 16.7 Å². The standard InChI is InChI=1S/C20H22N4O5S/c1-12-11-13(2)22-20(21-12)24-30(28,29)15-9-7-14(8-10-15)23-18(25)16-5-3-4-6-17(16)19(26)27/h3-4,7-11,16-17H,5-6H2,1-2H3,(H,23,25)(H,26,27)(H,21,22,24)/t16-,17+/m1/s1. The van der Waals surface area contributed by atoms with Crippen LogP contribution in [0.1, 0.15) is 24.2 Å². The van der Waals surface area contributed by atoms with Gasteiger partial charge in [-0.2, -0.15) is 0 Å². The molecule has 0 unspecified atom stereocenters. The zero-order valence-corrected chi connectivity index (χ0v) is 17.3. The van der Waals surface area contributed by atoms with Crippen molar-refractivity contribution in [3.05, 3.63) is 53.9 Å². The van der Waals surface area contributed by atoms with Gasteiger partial charge in [0, 0.05) is 17.1 Å². The first-order valence-electron chi connectivity index (χ1n) is 9.29. The summed E-state index contributed by atoms with van der Waals surface area (Å²) in [5.74, 6) is -2.91. The van der Waals surface area contributed by atoms with Crippen LogP contribution in [-0.4, -0.2) is 35.4 Å². The minimum Gasteiger partial charge on any atom is -0.481 e. The molecule has 30 heavy (non-hydrogen) atoms. The van der Waals surface area contributed by atoms with Gasteiger partial charge in [-0.25, -0.2) is 23.1 Å². The first kappa shape index (κ1) is 21.4. The molecule has 1 heterocycles. The zero-order chi connectivity index (χ0) is 21.9. The molecule has 2 atom stereocenters. The molecule has 1 aliphatic carbocycles. The number of carboxylic acid groups (broad SMARTS) is 1. The molecule has 0 spiro atoms. The lowest BCUT2D eigenvalue weighted by Gasteiger charge is -2.24. The highest BCUT2D eigenvalue weighted by molar-refractivity contribution is 7.92. The fraction of sp³-hybridized carbons (Fsp3) is 0.300. The summed E-state index contributed by atoms with van der Waals surface area (Å²) in [6, 6.07) is 7.31. The summed E-state index contributed by atoms with van der Waals surface area (Å²) < 4.78 is 27.5. The third-order valence-electron chi connectivity index (χ3n) is 4.73. The van der Waals surface area contributed by atoms with Crippen LogP contribution < -0.4 is 10.0 Å². The number of amides is 1. The highest BCUT2D eigenvalue weighted by atomic mass is 32.2. The average molecular weight is 430 g/mol. The lowest BCUT2D eigenvalue weighted by Crippen LogP contribution is -2.34. The predicted octanol–water partition coefficient (Wildman–Crippen LogP) is 2.50. The van der Waals surface area contributed by atoms with Crippen LogP contribution in [0.2, 0.25) is 0 Å². The van der Waals surface area contributed by atoms with E-state index in [9.17, 15) is 23.1 Å². The van der Waals surface area contributed by atoms with Crippen LogP contribution in [-0.2, 0) is 19.6 Å². The number of aromatic nitrogens is 2. The molecule has 0 aliphatic heterocycles. The van der Waals surface area contributed by atoms with Crippen molar-refractivity contribution in [2.45, 2.75) is 31.6 Å². The van der Waals surface area contributed by atoms with Gasteiger partial charge in [0.2, 0.25) is 11.9 Å². The quantitative estimate of drug-likeness (QED) is 0.599. The Morgan fingerprint density at radius 3 is 2.13 bits per heavy atom. The maximum Gasteiger partial charge on any atom is 0.307 e. The Labute approximate surface area is 174 Å². The van der Waals surface area contributed by atoms with E-state index in [2.05, 4.69) is 20.0 Å². The Kier molecular flexibility index (Phi) is 6.16. The third kappa shape index (κ3) is 5.01. The number of nitrogens with one attached hydrogen (secondary N) is 2. The second kappa shape index (κ2) is 8.62. The summed E-state index contributed by atoms with van der Waals surface area (Å²) in [5.41, 5.74) is 1.64. The second-order valence-electron chi connectivity index (χ2n) is 7.09. The molecule has 0 radical (unpaired) electrons. The average Bonchev–Trinajstić information content (AvgIpc) is 2.67. The summed E-state index contributed by atoms with van der Waals surface area (Å²) in [6.45, 7) is 3.47. The van der Waals surface area contributed by atoms with Crippen molar-refractivity contribution in [3.8, 4) is 0 Å². The lowest BCUT2D eigenvalue weighted by atomic mass is 9.82. The third-order valence-corrected chi connectivity index (χ3v) is 6.07. The molecule has 1 amide bonds. The molecule has 1 aliphatic rings. The number of hydrogen-bond acceptors (Lipinski definition) is 6. The van der Waals surface area contributed by atoms with E-state index in [1.807, 2.05) is 0 Å². The topological polar surface area (TPSA) is 138 Å². The number of aliphatic carboxylic acids is 1. The molecule has 1 aromatic heterocycles. The number of allylic oxidation sites excluding steroid dienone is 2. The van der Waals surface area contributed by atoms with Crippen LogP contribution >= 0.6 is 0 Å². The van der Waals surface area contributed by atoms with E-state index in [-0.39, 0.29) is 10.8 Å². The van der Waals surface area contributed by atoms with E-state index in [1.165, 1.54) is 24.3 Å². The fourth-order valence-corrected chi connectivity index (χ4v) is 4.22. The largest absolute Gasteiger partial charge is 0.481 e. The maximum atomic E-state index is 12.6. The molecule has 0 saturated carbocycles. The van der Waals surface area contributed by atoms with E-state index >= 15 is 0 Å². The van der Waals surface area contributed by atoms with Gasteiger partial charge in [-0.1, -0.05) is 12.2 Å². The monoisotopic (exact) mass is 430 g/mol. The van der Waals surface area contributed by atoms with E-state index < -0.39 is 33.7 Å². The highest BCUT2D eigenvalue weighted by Gasteiger charge is 2.34. The minimum absolute atomic E-state index is 0.0186. The Balaban J connectivity index is 1.71. The van der Waals surface area contributed by atoms with E-state index in [4.69, 9.17) is 0 Å². The molecular weight excluding hydrogens is 408 g/mol. The van der Waals surface area contributed by atoms with Crippen LogP contribution in [0.25, 0.3) is 0 Å². The Morgan fingerprint density at radius 2 is 1.57 bits per heavy atom. The Morgan fingerprint density at radius 1 is 1.00 bits per heavy atom. The fourth-order valence-electron chi connectivity index (χ4n) is 3.28. The van der Waals surface area contributed by atoms with Gasteiger partial charge in [-0.15, -0.1) is 0 Å². The van der Waals surface area contributed by atoms with Gasteiger partial charge in [-0.05, 0) is 57.0 Å². The van der Waals surface area contributed by atoms with Crippen molar-refractivity contribution in [2.24, 2.45) is 11.8 Å². The number of rotatable bonds is 6. The van der Waals surface area contributed by atoms with Crippen molar-refractivity contribution in [3.63, 3.8) is 0 Å². The molecule has 9 nitrogen and oxygen atoms in total. The van der Waals surface area contributed by atoms with Crippen molar-refractivity contribution < 1.29 is 23.1 Å². The molecule has 2 aromatic rings. The first-order valence-corrected chi connectivity index (χ1v) is 10.8. The zero-order valence-electron chi connectivity index (χ0n) is 16.5. The second-order valence-corrected chi connectivity index (χ2v) is 8.77. The highest BCUT2D eigenvalue weighted by Crippen LogP contribution is 2.27. The number of anilines is 2. The molecule has 0 saturated heterocycles. The Bertz CT molecular complexity index is 1080. The van der Waals surface area contributed by atoms with Gasteiger partial charge < -0.3 is 10.4 Å². The summed E-state index contributed by atoms with van der Waals surface area (Å²) >= 11 is 0. The molecule has 10 heteroatoms. The number of aryl methyl sites for hydroxylation is 2. The van der Waals surface area contributed by atoms with E-state index in [1.54, 1.807) is 32.1 Å². The number of sulfonamides is 1. The molecule has 0 fully saturated rings. The number of nitrogens with zero attached hydrogens (tertiary/aromatic N) is 2. The van der Waals surface area contributed by atoms with Gasteiger partial charge in [0.15, 0.2) is 0 Å². The SMILES string of the molecule is Cc1cc(C)nc(NS(=O)(=O)c2ccc(NC(=O)[C@@H]3CC=CC[C@@H]3C(=O)O)cc2)n1. The summed E-state index contributed by atoms with van der Waals surface area (Å²) in [5, 5.41) is 12.0. The number of carbonyl (C=O) groups excluding carboxylic acids is 1. The van der Waals surface area contributed by atoms with Gasteiger partial charge in [0.25, 0.3) is 10.0 Å². The van der Waals surface area contributed by atoms with Crippen molar-refractivity contribution in [1.29, 1.82) is 0 Å².